The summed E-state index contributed by atoms with van der Waals surface area (Å²) < 4.78 is 1.72. The van der Waals surface area contributed by atoms with Crippen molar-refractivity contribution in [2.75, 3.05) is 18.0 Å². The van der Waals surface area contributed by atoms with Gasteiger partial charge in [-0.25, -0.2) is 4.98 Å². The van der Waals surface area contributed by atoms with Crippen molar-refractivity contribution < 1.29 is 0 Å². The molecule has 0 bridgehead atoms. The number of aromatic nitrogens is 8. The molecule has 1 aliphatic heterocycles. The summed E-state index contributed by atoms with van der Waals surface area (Å²) >= 11 is 5.86. The van der Waals surface area contributed by atoms with Crippen molar-refractivity contribution in [2.24, 2.45) is 7.05 Å². The lowest BCUT2D eigenvalue weighted by atomic mass is 10.1. The van der Waals surface area contributed by atoms with E-state index in [4.69, 9.17) is 12.2 Å². The molecule has 0 atom stereocenters. The molecule has 31 heavy (non-hydrogen) atoms. The second-order valence-corrected chi connectivity index (χ2v) is 7.72. The number of hydrogen-bond acceptors (Lipinski definition) is 8. The van der Waals surface area contributed by atoms with Crippen LogP contribution in [-0.2, 0) is 7.05 Å². The third-order valence-corrected chi connectivity index (χ3v) is 5.75. The highest BCUT2D eigenvalue weighted by Crippen LogP contribution is 2.29. The Labute approximate surface area is 183 Å². The van der Waals surface area contributed by atoms with Gasteiger partial charge in [0.2, 0.25) is 5.82 Å². The molecule has 2 N–H and O–H groups in total. The van der Waals surface area contributed by atoms with Gasteiger partial charge in [-0.05, 0) is 29.8 Å². The van der Waals surface area contributed by atoms with Gasteiger partial charge in [0.25, 0.3) is 0 Å². The van der Waals surface area contributed by atoms with Crippen molar-refractivity contribution in [3.8, 4) is 22.6 Å². The van der Waals surface area contributed by atoms with Gasteiger partial charge in [-0.1, -0.05) is 24.4 Å². The van der Waals surface area contributed by atoms with Crippen LogP contribution >= 0.6 is 12.2 Å². The largest absolute Gasteiger partial charge is 0.313 e. The normalized spacial score (nSPS) is 13.7. The number of thiocarbonyl (C=S) groups is 1. The molecule has 0 amide bonds. The van der Waals surface area contributed by atoms with Gasteiger partial charge < -0.3 is 10.2 Å². The first-order valence-electron chi connectivity index (χ1n) is 9.81. The van der Waals surface area contributed by atoms with E-state index >= 15 is 0 Å². The van der Waals surface area contributed by atoms with Crippen LogP contribution in [0.5, 0.6) is 0 Å². The summed E-state index contributed by atoms with van der Waals surface area (Å²) in [5.74, 6) is 1.35. The van der Waals surface area contributed by atoms with Crippen molar-refractivity contribution >= 4 is 23.0 Å². The van der Waals surface area contributed by atoms with Crippen LogP contribution in [0, 0.1) is 6.92 Å². The monoisotopic (exact) mass is 432 g/mol. The predicted molar refractivity (Wildman–Crippen MR) is 119 cm³/mol. The fraction of sp³-hybridized carbons (Fsp3) is 0.250. The number of H-pyrrole nitrogens is 1. The number of aromatic amines is 1. The molecule has 1 aliphatic rings. The quantitative estimate of drug-likeness (QED) is 0.453. The van der Waals surface area contributed by atoms with E-state index in [1.165, 1.54) is 0 Å². The van der Waals surface area contributed by atoms with Crippen LogP contribution in [0.1, 0.15) is 11.3 Å². The van der Waals surface area contributed by atoms with E-state index in [1.807, 2.05) is 38.2 Å². The van der Waals surface area contributed by atoms with Crippen LogP contribution in [0.15, 0.2) is 42.9 Å². The van der Waals surface area contributed by atoms with E-state index in [0.717, 1.165) is 47.0 Å². The zero-order valence-electron chi connectivity index (χ0n) is 17.0. The Morgan fingerprint density at radius 1 is 1.19 bits per heavy atom. The Balaban J connectivity index is 1.48. The van der Waals surface area contributed by atoms with E-state index in [-0.39, 0.29) is 6.04 Å². The van der Waals surface area contributed by atoms with Crippen molar-refractivity contribution in [3.05, 3.63) is 54.1 Å². The molecule has 1 saturated heterocycles. The fourth-order valence-electron chi connectivity index (χ4n) is 3.60. The standard InChI is InChI=1S/C20H20N10S/c1-12-4-3-7-22-19(12)30(14-9-21-10-14)20(31)16-6-5-13(8-23-16)15-11-24-29(2)17(15)18-25-27-28-26-18/h3-8,11,14,21H,9-10H2,1-2H3,(H,25,26,27,28). The lowest BCUT2D eigenvalue weighted by molar-refractivity contribution is 0.443. The molecule has 0 aromatic carbocycles. The topological polar surface area (TPSA) is 113 Å². The van der Waals surface area contributed by atoms with E-state index < -0.39 is 0 Å². The number of nitrogens with one attached hydrogen (secondary N) is 2. The Hall–Kier alpha value is -3.57. The maximum atomic E-state index is 5.86. The third kappa shape index (κ3) is 3.47. The summed E-state index contributed by atoms with van der Waals surface area (Å²) in [7, 11) is 1.84. The maximum absolute atomic E-state index is 5.86. The van der Waals surface area contributed by atoms with Crippen LogP contribution in [0.4, 0.5) is 5.82 Å². The molecule has 0 unspecified atom stereocenters. The molecule has 0 spiro atoms. The highest BCUT2D eigenvalue weighted by atomic mass is 32.1. The number of rotatable bonds is 5. The fourth-order valence-corrected chi connectivity index (χ4v) is 3.96. The molecule has 1 fully saturated rings. The first-order valence-corrected chi connectivity index (χ1v) is 10.2. The van der Waals surface area contributed by atoms with Crippen LogP contribution in [0.3, 0.4) is 0 Å². The van der Waals surface area contributed by atoms with E-state index in [1.54, 1.807) is 23.3 Å². The Morgan fingerprint density at radius 2 is 2.06 bits per heavy atom. The van der Waals surface area contributed by atoms with E-state index in [2.05, 4.69) is 45.9 Å². The Bertz CT molecular complexity index is 1210. The van der Waals surface area contributed by atoms with E-state index in [0.29, 0.717) is 10.8 Å². The van der Waals surface area contributed by atoms with E-state index in [9.17, 15) is 0 Å². The average Bonchev–Trinajstić information content (AvgIpc) is 3.40. The van der Waals surface area contributed by atoms with Crippen molar-refractivity contribution in [1.82, 2.24) is 45.7 Å². The minimum absolute atomic E-state index is 0.255. The molecule has 4 aromatic rings. The van der Waals surface area contributed by atoms with Gasteiger partial charge >= 0.3 is 0 Å². The van der Waals surface area contributed by atoms with Gasteiger partial charge in [0.05, 0.1) is 17.9 Å². The zero-order chi connectivity index (χ0) is 21.4. The predicted octanol–water partition coefficient (Wildman–Crippen LogP) is 1.52. The van der Waals surface area contributed by atoms with Crippen molar-refractivity contribution in [3.63, 3.8) is 0 Å². The number of pyridine rings is 2. The van der Waals surface area contributed by atoms with Crippen LogP contribution < -0.4 is 10.2 Å². The van der Waals surface area contributed by atoms with Crippen LogP contribution in [0.2, 0.25) is 0 Å². The minimum atomic E-state index is 0.255. The molecule has 0 saturated carbocycles. The molecular formula is C20H20N10S. The number of aryl methyl sites for hydroxylation is 2. The highest BCUT2D eigenvalue weighted by molar-refractivity contribution is 7.81. The van der Waals surface area contributed by atoms with Crippen molar-refractivity contribution in [1.29, 1.82) is 0 Å². The van der Waals surface area contributed by atoms with Gasteiger partial charge in [-0.15, -0.1) is 10.2 Å². The van der Waals surface area contributed by atoms with Gasteiger partial charge in [-0.2, -0.15) is 10.3 Å². The van der Waals surface area contributed by atoms with Gasteiger partial charge in [0, 0.05) is 43.7 Å². The lowest BCUT2D eigenvalue weighted by Crippen LogP contribution is -2.59. The second-order valence-electron chi connectivity index (χ2n) is 7.33. The maximum Gasteiger partial charge on any atom is 0.223 e. The molecule has 0 radical (unpaired) electrons. The molecule has 11 heteroatoms. The third-order valence-electron chi connectivity index (χ3n) is 5.34. The summed E-state index contributed by atoms with van der Waals surface area (Å²) in [5.41, 5.74) is 4.33. The summed E-state index contributed by atoms with van der Waals surface area (Å²) in [6, 6.07) is 8.15. The first kappa shape index (κ1) is 19.4. The summed E-state index contributed by atoms with van der Waals surface area (Å²) in [5, 5.41) is 22.0. The number of nitrogens with zero attached hydrogens (tertiary/aromatic N) is 8. The second kappa shape index (κ2) is 7.93. The molecule has 10 nitrogen and oxygen atoms in total. The number of hydrogen-bond donors (Lipinski definition) is 2. The number of tetrazole rings is 1. The van der Waals surface area contributed by atoms with Crippen molar-refractivity contribution in [2.45, 2.75) is 13.0 Å². The minimum Gasteiger partial charge on any atom is -0.313 e. The molecule has 5 heterocycles. The van der Waals surface area contributed by atoms with Gasteiger partial charge in [-0.3, -0.25) is 9.67 Å². The molecule has 0 aliphatic carbocycles. The lowest BCUT2D eigenvalue weighted by Gasteiger charge is -2.39. The zero-order valence-corrected chi connectivity index (χ0v) is 17.8. The molecule has 156 valence electrons. The summed E-state index contributed by atoms with van der Waals surface area (Å²) in [6.07, 6.45) is 5.36. The van der Waals surface area contributed by atoms with Gasteiger partial charge in [0.15, 0.2) is 0 Å². The number of anilines is 1. The van der Waals surface area contributed by atoms with Gasteiger partial charge in [0.1, 0.15) is 16.5 Å². The first-order chi connectivity index (χ1) is 15.1. The molecule has 4 aromatic heterocycles. The molecule has 5 rings (SSSR count). The summed E-state index contributed by atoms with van der Waals surface area (Å²) in [4.78, 5) is 12.0. The smallest absolute Gasteiger partial charge is 0.223 e. The Kier molecular flexibility index (Phi) is 4.96. The van der Waals surface area contributed by atoms with Crippen LogP contribution in [0.25, 0.3) is 22.6 Å². The SMILES string of the molecule is Cc1cccnc1N(C(=S)c1ccc(-c2cnn(C)c2-c2nn[nH]n2)cn1)C1CNC1. The Morgan fingerprint density at radius 3 is 2.71 bits per heavy atom. The highest BCUT2D eigenvalue weighted by Gasteiger charge is 2.30. The summed E-state index contributed by atoms with van der Waals surface area (Å²) in [6.45, 7) is 3.76. The van der Waals surface area contributed by atoms with Crippen LogP contribution in [-0.4, -0.2) is 64.5 Å². The average molecular weight is 433 g/mol. The molecular weight excluding hydrogens is 412 g/mol.